The molecule has 0 aliphatic heterocycles. The molecule has 0 saturated heterocycles. The molecule has 0 aliphatic rings. The van der Waals surface area contributed by atoms with Crippen molar-refractivity contribution in [2.45, 2.75) is 24.8 Å². The number of fused-ring (bicyclic) bond motifs is 1. The standard InChI is InChI=1S/C20H21NO3S/c1-14-10-11-15(2)20(12-14)25(23,24)21-13-19(22)18-9-5-7-16-6-3-4-8-17(16)18/h3-12,19,21-22H,13H2,1-2H3. The molecule has 0 bridgehead atoms. The highest BCUT2D eigenvalue weighted by molar-refractivity contribution is 7.89. The molecule has 5 heteroatoms. The van der Waals surface area contributed by atoms with Gasteiger partial charge in [-0.1, -0.05) is 54.6 Å². The van der Waals surface area contributed by atoms with Crippen LogP contribution < -0.4 is 4.72 Å². The predicted molar refractivity (Wildman–Crippen MR) is 100 cm³/mol. The van der Waals surface area contributed by atoms with Gasteiger partial charge in [-0.3, -0.25) is 0 Å². The Bertz CT molecular complexity index is 1010. The molecular formula is C20H21NO3S. The van der Waals surface area contributed by atoms with E-state index in [-0.39, 0.29) is 11.4 Å². The van der Waals surface area contributed by atoms with E-state index in [1.165, 1.54) is 0 Å². The number of hydrogen-bond acceptors (Lipinski definition) is 3. The molecule has 0 spiro atoms. The Labute approximate surface area is 148 Å². The zero-order valence-corrected chi connectivity index (χ0v) is 15.0. The molecule has 1 unspecified atom stereocenters. The molecule has 0 radical (unpaired) electrons. The highest BCUT2D eigenvalue weighted by Crippen LogP contribution is 2.24. The first-order valence-electron chi connectivity index (χ1n) is 8.11. The summed E-state index contributed by atoms with van der Waals surface area (Å²) in [5.41, 5.74) is 2.26. The van der Waals surface area contributed by atoms with Crippen LogP contribution in [0.4, 0.5) is 0 Å². The SMILES string of the molecule is Cc1ccc(C)c(S(=O)(=O)NCC(O)c2cccc3ccccc23)c1. The molecule has 0 aromatic heterocycles. The maximum Gasteiger partial charge on any atom is 0.240 e. The molecule has 3 rings (SSSR count). The number of rotatable bonds is 5. The zero-order chi connectivity index (χ0) is 18.0. The Hall–Kier alpha value is -2.21. The van der Waals surface area contributed by atoms with Gasteiger partial charge in [0.1, 0.15) is 0 Å². The number of nitrogens with one attached hydrogen (secondary N) is 1. The summed E-state index contributed by atoms with van der Waals surface area (Å²) in [5, 5.41) is 12.5. The molecule has 3 aromatic rings. The average Bonchev–Trinajstić information content (AvgIpc) is 2.61. The minimum Gasteiger partial charge on any atom is -0.387 e. The Morgan fingerprint density at radius 2 is 1.72 bits per heavy atom. The van der Waals surface area contributed by atoms with E-state index < -0.39 is 16.1 Å². The lowest BCUT2D eigenvalue weighted by molar-refractivity contribution is 0.183. The van der Waals surface area contributed by atoms with Crippen molar-refractivity contribution in [2.75, 3.05) is 6.54 Å². The lowest BCUT2D eigenvalue weighted by Gasteiger charge is -2.16. The van der Waals surface area contributed by atoms with Crippen LogP contribution in [-0.2, 0) is 10.0 Å². The number of aliphatic hydroxyl groups is 1. The molecule has 4 nitrogen and oxygen atoms in total. The number of aryl methyl sites for hydroxylation is 2. The van der Waals surface area contributed by atoms with Crippen LogP contribution in [0.3, 0.4) is 0 Å². The van der Waals surface area contributed by atoms with Gasteiger partial charge in [0.15, 0.2) is 0 Å². The number of aliphatic hydroxyl groups excluding tert-OH is 1. The van der Waals surface area contributed by atoms with Crippen LogP contribution in [0.1, 0.15) is 22.8 Å². The van der Waals surface area contributed by atoms with Crippen molar-refractivity contribution in [3.8, 4) is 0 Å². The Morgan fingerprint density at radius 1 is 1.00 bits per heavy atom. The van der Waals surface area contributed by atoms with Gasteiger partial charge in [-0.05, 0) is 47.4 Å². The summed E-state index contributed by atoms with van der Waals surface area (Å²) in [6, 6.07) is 18.7. The van der Waals surface area contributed by atoms with Crippen LogP contribution in [0, 0.1) is 13.8 Å². The van der Waals surface area contributed by atoms with E-state index >= 15 is 0 Å². The van der Waals surface area contributed by atoms with E-state index in [4.69, 9.17) is 0 Å². The molecule has 25 heavy (non-hydrogen) atoms. The van der Waals surface area contributed by atoms with Crippen molar-refractivity contribution in [3.05, 3.63) is 77.4 Å². The van der Waals surface area contributed by atoms with E-state index in [2.05, 4.69) is 4.72 Å². The van der Waals surface area contributed by atoms with E-state index in [9.17, 15) is 13.5 Å². The molecule has 0 aliphatic carbocycles. The van der Waals surface area contributed by atoms with Crippen molar-refractivity contribution in [1.82, 2.24) is 4.72 Å². The molecule has 3 aromatic carbocycles. The Morgan fingerprint density at radius 3 is 2.52 bits per heavy atom. The second kappa shape index (κ2) is 6.96. The lowest BCUT2D eigenvalue weighted by atomic mass is 10.0. The molecule has 0 saturated carbocycles. The first kappa shape index (κ1) is 17.6. The van der Waals surface area contributed by atoms with Gasteiger partial charge < -0.3 is 5.11 Å². The summed E-state index contributed by atoms with van der Waals surface area (Å²) in [6.45, 7) is 3.53. The van der Waals surface area contributed by atoms with Gasteiger partial charge >= 0.3 is 0 Å². The highest BCUT2D eigenvalue weighted by atomic mass is 32.2. The van der Waals surface area contributed by atoms with Crippen LogP contribution in [0.2, 0.25) is 0 Å². The summed E-state index contributed by atoms with van der Waals surface area (Å²) in [4.78, 5) is 0.248. The van der Waals surface area contributed by atoms with E-state index in [0.29, 0.717) is 11.1 Å². The Balaban J connectivity index is 1.84. The van der Waals surface area contributed by atoms with Crippen LogP contribution >= 0.6 is 0 Å². The van der Waals surface area contributed by atoms with Gasteiger partial charge in [0.2, 0.25) is 10.0 Å². The summed E-state index contributed by atoms with van der Waals surface area (Å²) < 4.78 is 27.7. The minimum absolute atomic E-state index is 0.0796. The summed E-state index contributed by atoms with van der Waals surface area (Å²) >= 11 is 0. The quantitative estimate of drug-likeness (QED) is 0.736. The van der Waals surface area contributed by atoms with Gasteiger partial charge in [0.25, 0.3) is 0 Å². The maximum atomic E-state index is 12.6. The van der Waals surface area contributed by atoms with E-state index in [0.717, 1.165) is 16.3 Å². The van der Waals surface area contributed by atoms with Gasteiger partial charge in [-0.25, -0.2) is 13.1 Å². The fourth-order valence-electron chi connectivity index (χ4n) is 2.91. The molecule has 0 fully saturated rings. The highest BCUT2D eigenvalue weighted by Gasteiger charge is 2.19. The number of benzene rings is 3. The third kappa shape index (κ3) is 3.74. The van der Waals surface area contributed by atoms with Crippen LogP contribution in [0.15, 0.2) is 65.6 Å². The molecule has 0 heterocycles. The van der Waals surface area contributed by atoms with Crippen LogP contribution in [0.5, 0.6) is 0 Å². The van der Waals surface area contributed by atoms with Crippen LogP contribution in [-0.4, -0.2) is 20.1 Å². The smallest absolute Gasteiger partial charge is 0.240 e. The molecule has 0 amide bonds. The van der Waals surface area contributed by atoms with Gasteiger partial charge in [-0.15, -0.1) is 0 Å². The zero-order valence-electron chi connectivity index (χ0n) is 14.2. The monoisotopic (exact) mass is 355 g/mol. The summed E-state index contributed by atoms with van der Waals surface area (Å²) in [5.74, 6) is 0. The fraction of sp³-hybridized carbons (Fsp3) is 0.200. The van der Waals surface area contributed by atoms with E-state index in [1.807, 2.05) is 55.5 Å². The third-order valence-corrected chi connectivity index (χ3v) is 5.85. The van der Waals surface area contributed by atoms with Crippen molar-refractivity contribution in [3.63, 3.8) is 0 Å². The van der Waals surface area contributed by atoms with Crippen molar-refractivity contribution in [1.29, 1.82) is 0 Å². The van der Waals surface area contributed by atoms with E-state index in [1.54, 1.807) is 19.1 Å². The first-order valence-corrected chi connectivity index (χ1v) is 9.59. The fourth-order valence-corrected chi connectivity index (χ4v) is 4.28. The molecule has 130 valence electrons. The lowest BCUT2D eigenvalue weighted by Crippen LogP contribution is -2.29. The topological polar surface area (TPSA) is 66.4 Å². The maximum absolute atomic E-state index is 12.6. The third-order valence-electron chi connectivity index (χ3n) is 4.28. The molecule has 2 N–H and O–H groups in total. The second-order valence-electron chi connectivity index (χ2n) is 6.21. The number of sulfonamides is 1. The van der Waals surface area contributed by atoms with Crippen molar-refractivity contribution in [2.24, 2.45) is 0 Å². The summed E-state index contributed by atoms with van der Waals surface area (Å²) in [6.07, 6.45) is -0.925. The largest absolute Gasteiger partial charge is 0.387 e. The predicted octanol–water partition coefficient (Wildman–Crippen LogP) is 3.47. The molecule has 1 atom stereocenters. The van der Waals surface area contributed by atoms with Crippen molar-refractivity contribution < 1.29 is 13.5 Å². The molecular weight excluding hydrogens is 334 g/mol. The second-order valence-corrected chi connectivity index (χ2v) is 7.94. The summed E-state index contributed by atoms with van der Waals surface area (Å²) in [7, 11) is -3.68. The van der Waals surface area contributed by atoms with Gasteiger partial charge in [-0.2, -0.15) is 0 Å². The van der Waals surface area contributed by atoms with Gasteiger partial charge in [0, 0.05) is 6.54 Å². The van der Waals surface area contributed by atoms with Crippen molar-refractivity contribution >= 4 is 20.8 Å². The van der Waals surface area contributed by atoms with Gasteiger partial charge in [0.05, 0.1) is 11.0 Å². The van der Waals surface area contributed by atoms with Crippen LogP contribution in [0.25, 0.3) is 10.8 Å². The normalized spacial score (nSPS) is 13.1. The Kier molecular flexibility index (Phi) is 4.90. The number of hydrogen-bond donors (Lipinski definition) is 2. The first-order chi connectivity index (χ1) is 11.9. The average molecular weight is 355 g/mol. The minimum atomic E-state index is -3.68.